The number of alkyl halides is 1. The van der Waals surface area contributed by atoms with Gasteiger partial charge in [0.05, 0.1) is 18.0 Å². The fraction of sp³-hybridized carbons (Fsp3) is 1.00. The number of halogens is 1. The van der Waals surface area contributed by atoms with Gasteiger partial charge in [-0.05, 0) is 0 Å². The summed E-state index contributed by atoms with van der Waals surface area (Å²) in [5.41, 5.74) is 0. The van der Waals surface area contributed by atoms with Crippen LogP contribution >= 0.6 is 11.6 Å². The van der Waals surface area contributed by atoms with Crippen molar-refractivity contribution in [1.29, 1.82) is 0 Å². The van der Waals surface area contributed by atoms with Gasteiger partial charge in [0, 0.05) is 33.2 Å². The van der Waals surface area contributed by atoms with Crippen molar-refractivity contribution in [2.24, 2.45) is 0 Å². The van der Waals surface area contributed by atoms with Gasteiger partial charge in [-0.25, -0.2) is 8.42 Å². The lowest BCUT2D eigenvalue weighted by Crippen LogP contribution is -2.32. The highest BCUT2D eigenvalue weighted by molar-refractivity contribution is 7.89. The van der Waals surface area contributed by atoms with Crippen molar-refractivity contribution in [2.45, 2.75) is 12.2 Å². The summed E-state index contributed by atoms with van der Waals surface area (Å²) in [6, 6.07) is 0. The van der Waals surface area contributed by atoms with Crippen LogP contribution in [0.15, 0.2) is 0 Å². The Morgan fingerprint density at radius 3 is 2.07 bits per heavy atom. The van der Waals surface area contributed by atoms with Crippen molar-refractivity contribution < 1.29 is 17.9 Å². The third kappa shape index (κ3) is 3.04. The molecule has 2 atom stereocenters. The summed E-state index contributed by atoms with van der Waals surface area (Å²) in [5.74, 6) is 0.0650. The van der Waals surface area contributed by atoms with E-state index in [-0.39, 0.29) is 23.8 Å². The quantitative estimate of drug-likeness (QED) is 0.646. The minimum Gasteiger partial charge on any atom is -0.377 e. The van der Waals surface area contributed by atoms with E-state index in [2.05, 4.69) is 0 Å². The summed E-state index contributed by atoms with van der Waals surface area (Å²) in [4.78, 5) is 0. The average molecular weight is 258 g/mol. The summed E-state index contributed by atoms with van der Waals surface area (Å²) in [6.45, 7) is 0.683. The molecule has 0 radical (unpaired) electrons. The van der Waals surface area contributed by atoms with Crippen LogP contribution in [0.4, 0.5) is 0 Å². The predicted molar refractivity (Wildman–Crippen MR) is 57.7 cm³/mol. The minimum absolute atomic E-state index is 0.0403. The smallest absolute Gasteiger partial charge is 0.215 e. The molecule has 0 spiro atoms. The van der Waals surface area contributed by atoms with Crippen molar-refractivity contribution in [3.8, 4) is 0 Å². The second-order valence-corrected chi connectivity index (χ2v) is 5.84. The van der Waals surface area contributed by atoms with E-state index in [1.807, 2.05) is 0 Å². The number of rotatable bonds is 5. The first kappa shape index (κ1) is 13.2. The van der Waals surface area contributed by atoms with Crippen molar-refractivity contribution in [3.05, 3.63) is 0 Å². The molecule has 5 nitrogen and oxygen atoms in total. The standard InChI is InChI=1S/C8H16ClNO4S/c1-13-7-5-10(6-8(7)14-2)15(11,12)4-3-9/h7-8H,3-6H2,1-2H3. The molecule has 1 aliphatic heterocycles. The maximum absolute atomic E-state index is 11.7. The van der Waals surface area contributed by atoms with Crippen LogP contribution in [-0.2, 0) is 19.5 Å². The highest BCUT2D eigenvalue weighted by atomic mass is 35.5. The Hall–Kier alpha value is 0.120. The molecule has 1 fully saturated rings. The fourth-order valence-electron chi connectivity index (χ4n) is 1.62. The summed E-state index contributed by atoms with van der Waals surface area (Å²) >= 11 is 5.44. The van der Waals surface area contributed by atoms with E-state index >= 15 is 0 Å². The third-order valence-corrected chi connectivity index (χ3v) is 4.73. The molecule has 1 saturated heterocycles. The van der Waals surface area contributed by atoms with Crippen molar-refractivity contribution >= 4 is 21.6 Å². The van der Waals surface area contributed by atoms with Crippen LogP contribution in [-0.4, -0.2) is 63.9 Å². The van der Waals surface area contributed by atoms with Crippen LogP contribution in [0.25, 0.3) is 0 Å². The lowest BCUT2D eigenvalue weighted by atomic mass is 10.3. The molecule has 15 heavy (non-hydrogen) atoms. The second kappa shape index (κ2) is 5.45. The van der Waals surface area contributed by atoms with Gasteiger partial charge in [0.2, 0.25) is 10.0 Å². The van der Waals surface area contributed by atoms with E-state index in [0.717, 1.165) is 0 Å². The van der Waals surface area contributed by atoms with Gasteiger partial charge in [-0.3, -0.25) is 0 Å². The highest BCUT2D eigenvalue weighted by Gasteiger charge is 2.38. The average Bonchev–Trinajstić information content (AvgIpc) is 2.61. The number of hydrogen-bond donors (Lipinski definition) is 0. The molecule has 0 bridgehead atoms. The molecule has 1 aliphatic rings. The zero-order valence-electron chi connectivity index (χ0n) is 8.85. The van der Waals surface area contributed by atoms with E-state index in [9.17, 15) is 8.42 Å². The Morgan fingerprint density at radius 2 is 1.73 bits per heavy atom. The largest absolute Gasteiger partial charge is 0.377 e. The number of ether oxygens (including phenoxy) is 2. The first-order valence-electron chi connectivity index (χ1n) is 4.64. The fourth-order valence-corrected chi connectivity index (χ4v) is 3.40. The number of nitrogens with zero attached hydrogens (tertiary/aromatic N) is 1. The topological polar surface area (TPSA) is 55.8 Å². The molecule has 1 heterocycles. The van der Waals surface area contributed by atoms with Crippen LogP contribution in [0.2, 0.25) is 0 Å². The van der Waals surface area contributed by atoms with E-state index < -0.39 is 10.0 Å². The molecule has 0 aromatic rings. The summed E-state index contributed by atoms with van der Waals surface area (Å²) in [5, 5.41) is 0. The number of hydrogen-bond acceptors (Lipinski definition) is 4. The molecular formula is C8H16ClNO4S. The summed E-state index contributed by atoms with van der Waals surface area (Å²) < 4.78 is 35.1. The normalized spacial score (nSPS) is 28.5. The highest BCUT2D eigenvalue weighted by Crippen LogP contribution is 2.19. The van der Waals surface area contributed by atoms with Crippen LogP contribution in [0.1, 0.15) is 0 Å². The van der Waals surface area contributed by atoms with Gasteiger partial charge in [-0.2, -0.15) is 4.31 Å². The Kier molecular flexibility index (Phi) is 4.79. The first-order valence-corrected chi connectivity index (χ1v) is 6.79. The van der Waals surface area contributed by atoms with E-state index in [0.29, 0.717) is 13.1 Å². The van der Waals surface area contributed by atoms with Crippen LogP contribution in [0.3, 0.4) is 0 Å². The van der Waals surface area contributed by atoms with Gasteiger partial charge in [-0.1, -0.05) is 0 Å². The summed E-state index contributed by atoms with van der Waals surface area (Å²) in [7, 11) is -0.155. The molecule has 0 aromatic heterocycles. The number of sulfonamides is 1. The molecule has 90 valence electrons. The SMILES string of the molecule is COC1CN(S(=O)(=O)CCCl)CC1OC. The van der Waals surface area contributed by atoms with Gasteiger partial charge in [0.15, 0.2) is 0 Å². The zero-order chi connectivity index (χ0) is 11.5. The van der Waals surface area contributed by atoms with E-state index in [1.54, 1.807) is 14.2 Å². The van der Waals surface area contributed by atoms with Gasteiger partial charge in [-0.15, -0.1) is 11.6 Å². The van der Waals surface area contributed by atoms with E-state index in [1.165, 1.54) is 4.31 Å². The molecule has 0 aliphatic carbocycles. The van der Waals surface area contributed by atoms with Gasteiger partial charge in [0.1, 0.15) is 0 Å². The van der Waals surface area contributed by atoms with Crippen LogP contribution in [0.5, 0.6) is 0 Å². The molecule has 0 saturated carbocycles. The lowest BCUT2D eigenvalue weighted by Gasteiger charge is -2.14. The maximum atomic E-state index is 11.7. The monoisotopic (exact) mass is 257 g/mol. The Bertz CT molecular complexity index is 283. The van der Waals surface area contributed by atoms with Gasteiger partial charge >= 0.3 is 0 Å². The molecule has 1 rings (SSSR count). The molecule has 0 amide bonds. The zero-order valence-corrected chi connectivity index (χ0v) is 10.4. The van der Waals surface area contributed by atoms with Gasteiger partial charge in [0.25, 0.3) is 0 Å². The van der Waals surface area contributed by atoms with Crippen molar-refractivity contribution in [1.82, 2.24) is 4.31 Å². The lowest BCUT2D eigenvalue weighted by molar-refractivity contribution is -0.00461. The maximum Gasteiger partial charge on any atom is 0.215 e. The minimum atomic E-state index is -3.25. The number of methoxy groups -OCH3 is 2. The molecular weight excluding hydrogens is 242 g/mol. The van der Waals surface area contributed by atoms with Gasteiger partial charge < -0.3 is 9.47 Å². The second-order valence-electron chi connectivity index (χ2n) is 3.37. The van der Waals surface area contributed by atoms with Crippen LogP contribution < -0.4 is 0 Å². The third-order valence-electron chi connectivity index (χ3n) is 2.52. The van der Waals surface area contributed by atoms with Crippen molar-refractivity contribution in [2.75, 3.05) is 38.9 Å². The molecule has 2 unspecified atom stereocenters. The predicted octanol–water partition coefficient (Wildman–Crippen LogP) is -0.0994. The Balaban J connectivity index is 2.68. The first-order chi connectivity index (χ1) is 7.05. The summed E-state index contributed by atoms with van der Waals surface area (Å²) in [6.07, 6.45) is -0.389. The Morgan fingerprint density at radius 1 is 1.27 bits per heavy atom. The molecule has 0 N–H and O–H groups in total. The van der Waals surface area contributed by atoms with E-state index in [4.69, 9.17) is 21.1 Å². The Labute approximate surface area is 95.3 Å². The molecule has 0 aromatic carbocycles. The molecule has 7 heteroatoms. The van der Waals surface area contributed by atoms with Crippen LogP contribution in [0, 0.1) is 0 Å². The van der Waals surface area contributed by atoms with Crippen molar-refractivity contribution in [3.63, 3.8) is 0 Å².